The van der Waals surface area contributed by atoms with Gasteiger partial charge in [0.25, 0.3) is 0 Å². The lowest BCUT2D eigenvalue weighted by molar-refractivity contribution is -0.122. The lowest BCUT2D eigenvalue weighted by Crippen LogP contribution is -2.27. The van der Waals surface area contributed by atoms with Crippen LogP contribution in [0.2, 0.25) is 0 Å². The van der Waals surface area contributed by atoms with Gasteiger partial charge in [0.1, 0.15) is 5.75 Å². The van der Waals surface area contributed by atoms with Crippen molar-refractivity contribution >= 4 is 5.91 Å². The Kier molecular flexibility index (Phi) is 4.36. The largest absolute Gasteiger partial charge is 0.496 e. The van der Waals surface area contributed by atoms with Crippen LogP contribution in [-0.4, -0.2) is 19.6 Å². The van der Waals surface area contributed by atoms with Crippen LogP contribution < -0.4 is 10.1 Å². The fourth-order valence-corrected chi connectivity index (χ4v) is 2.32. The first-order valence-corrected chi connectivity index (χ1v) is 7.37. The van der Waals surface area contributed by atoms with E-state index >= 15 is 0 Å². The Morgan fingerprint density at radius 3 is 2.60 bits per heavy atom. The average Bonchev–Trinajstić information content (AvgIpc) is 3.21. The zero-order valence-electron chi connectivity index (χ0n) is 13.0. The third-order valence-electron chi connectivity index (χ3n) is 3.73. The summed E-state index contributed by atoms with van der Waals surface area (Å²) in [5.74, 6) is 1.44. The number of rotatable bonds is 5. The van der Waals surface area contributed by atoms with Gasteiger partial charge in [0.2, 0.25) is 5.91 Å². The van der Waals surface area contributed by atoms with Gasteiger partial charge in [-0.05, 0) is 41.9 Å². The fourth-order valence-electron chi connectivity index (χ4n) is 2.32. The van der Waals surface area contributed by atoms with Crippen molar-refractivity contribution in [3.05, 3.63) is 29.3 Å². The maximum Gasteiger partial charge on any atom is 0.223 e. The van der Waals surface area contributed by atoms with Crippen molar-refractivity contribution in [1.82, 2.24) is 5.32 Å². The summed E-state index contributed by atoms with van der Waals surface area (Å²) in [4.78, 5) is 11.6. The van der Waals surface area contributed by atoms with Gasteiger partial charge in [0.15, 0.2) is 0 Å². The number of hydrogen-bond donors (Lipinski definition) is 1. The van der Waals surface area contributed by atoms with Crippen molar-refractivity contribution in [2.24, 2.45) is 5.92 Å². The highest BCUT2D eigenvalue weighted by Gasteiger charge is 2.29. The Morgan fingerprint density at radius 1 is 1.35 bits per heavy atom. The molecule has 1 aromatic rings. The molecule has 1 aliphatic carbocycles. The van der Waals surface area contributed by atoms with Crippen LogP contribution in [-0.2, 0) is 16.6 Å². The van der Waals surface area contributed by atoms with E-state index in [2.05, 4.69) is 38.2 Å². The summed E-state index contributed by atoms with van der Waals surface area (Å²) < 4.78 is 5.44. The lowest BCUT2D eigenvalue weighted by Gasteiger charge is -2.23. The second-order valence-electron chi connectivity index (χ2n) is 6.60. The van der Waals surface area contributed by atoms with E-state index in [-0.39, 0.29) is 17.2 Å². The van der Waals surface area contributed by atoms with Gasteiger partial charge in [-0.1, -0.05) is 32.9 Å². The average molecular weight is 275 g/mol. The molecule has 0 spiro atoms. The summed E-state index contributed by atoms with van der Waals surface area (Å²) in [6.07, 6.45) is 2.98. The molecule has 0 heterocycles. The van der Waals surface area contributed by atoms with Crippen molar-refractivity contribution < 1.29 is 9.53 Å². The molecular weight excluding hydrogens is 250 g/mol. The maximum atomic E-state index is 11.6. The van der Waals surface area contributed by atoms with Crippen LogP contribution in [0.1, 0.15) is 44.7 Å². The number of hydrogen-bond acceptors (Lipinski definition) is 2. The van der Waals surface area contributed by atoms with Crippen LogP contribution in [0, 0.1) is 5.92 Å². The van der Waals surface area contributed by atoms with Crippen LogP contribution in [0.25, 0.3) is 0 Å². The molecule has 1 aromatic carbocycles. The molecule has 1 amide bonds. The molecule has 0 saturated heterocycles. The van der Waals surface area contributed by atoms with Gasteiger partial charge in [-0.15, -0.1) is 0 Å². The molecule has 1 aliphatic rings. The molecule has 0 radical (unpaired) electrons. The minimum Gasteiger partial charge on any atom is -0.496 e. The van der Waals surface area contributed by atoms with Crippen molar-refractivity contribution in [1.29, 1.82) is 0 Å². The standard InChI is InChI=1S/C17H25NO2/c1-17(2,3)14-11-12(5-8-15(14)20-4)9-10-18-16(19)13-6-7-13/h5,8,11,13H,6-7,9-10H2,1-4H3,(H,18,19). The minimum absolute atomic E-state index is 0.0542. The summed E-state index contributed by atoms with van der Waals surface area (Å²) in [6.45, 7) is 7.27. The smallest absolute Gasteiger partial charge is 0.223 e. The third-order valence-corrected chi connectivity index (χ3v) is 3.73. The number of nitrogens with one attached hydrogen (secondary N) is 1. The monoisotopic (exact) mass is 275 g/mol. The van der Waals surface area contributed by atoms with E-state index in [0.29, 0.717) is 6.54 Å². The van der Waals surface area contributed by atoms with Gasteiger partial charge in [-0.3, -0.25) is 4.79 Å². The Morgan fingerprint density at radius 2 is 2.05 bits per heavy atom. The molecule has 20 heavy (non-hydrogen) atoms. The van der Waals surface area contributed by atoms with Crippen molar-refractivity contribution in [2.45, 2.75) is 45.4 Å². The van der Waals surface area contributed by atoms with E-state index in [4.69, 9.17) is 4.74 Å². The SMILES string of the molecule is COc1ccc(CCNC(=O)C2CC2)cc1C(C)(C)C. The van der Waals surface area contributed by atoms with E-state index in [0.717, 1.165) is 25.0 Å². The van der Waals surface area contributed by atoms with Gasteiger partial charge < -0.3 is 10.1 Å². The molecule has 3 nitrogen and oxygen atoms in total. The number of methoxy groups -OCH3 is 1. The Labute approximate surface area is 121 Å². The van der Waals surface area contributed by atoms with Gasteiger partial charge in [0, 0.05) is 12.5 Å². The Hall–Kier alpha value is -1.51. The van der Waals surface area contributed by atoms with Crippen molar-refractivity contribution in [3.63, 3.8) is 0 Å². The Balaban J connectivity index is 1.99. The summed E-state index contributed by atoms with van der Waals surface area (Å²) >= 11 is 0. The summed E-state index contributed by atoms with van der Waals surface area (Å²) in [7, 11) is 1.71. The molecule has 1 saturated carbocycles. The normalized spacial score (nSPS) is 15.0. The molecule has 0 atom stereocenters. The topological polar surface area (TPSA) is 38.3 Å². The molecule has 110 valence electrons. The van der Waals surface area contributed by atoms with Gasteiger partial charge >= 0.3 is 0 Å². The van der Waals surface area contributed by atoms with E-state index in [1.807, 2.05) is 6.07 Å². The minimum atomic E-state index is 0.0542. The molecule has 1 fully saturated rings. The first-order chi connectivity index (χ1) is 9.41. The first kappa shape index (κ1) is 14.9. The number of amides is 1. The van der Waals surface area contributed by atoms with Crippen molar-refractivity contribution in [3.8, 4) is 5.75 Å². The highest BCUT2D eigenvalue weighted by Crippen LogP contribution is 2.32. The van der Waals surface area contributed by atoms with Crippen LogP contribution >= 0.6 is 0 Å². The van der Waals surface area contributed by atoms with E-state index in [1.165, 1.54) is 11.1 Å². The first-order valence-electron chi connectivity index (χ1n) is 7.37. The fraction of sp³-hybridized carbons (Fsp3) is 0.588. The number of carbonyl (C=O) groups excluding carboxylic acids is 1. The molecule has 3 heteroatoms. The van der Waals surface area contributed by atoms with E-state index in [1.54, 1.807) is 7.11 Å². The number of ether oxygens (including phenoxy) is 1. The summed E-state index contributed by atoms with van der Waals surface area (Å²) in [5, 5.41) is 3.01. The zero-order chi connectivity index (χ0) is 14.8. The van der Waals surface area contributed by atoms with Crippen molar-refractivity contribution in [2.75, 3.05) is 13.7 Å². The third kappa shape index (κ3) is 3.75. The van der Waals surface area contributed by atoms with E-state index < -0.39 is 0 Å². The second kappa shape index (κ2) is 5.86. The van der Waals surface area contributed by atoms with Crippen LogP contribution in [0.15, 0.2) is 18.2 Å². The van der Waals surface area contributed by atoms with E-state index in [9.17, 15) is 4.79 Å². The highest BCUT2D eigenvalue weighted by atomic mass is 16.5. The van der Waals surface area contributed by atoms with Crippen LogP contribution in [0.4, 0.5) is 0 Å². The quantitative estimate of drug-likeness (QED) is 0.897. The van der Waals surface area contributed by atoms with Gasteiger partial charge in [-0.25, -0.2) is 0 Å². The Bertz CT molecular complexity index is 484. The molecule has 1 N–H and O–H groups in total. The molecule has 2 rings (SSSR count). The molecule has 0 aliphatic heterocycles. The number of carbonyl (C=O) groups is 1. The molecule has 0 aromatic heterocycles. The predicted octanol–water partition coefficient (Wildman–Crippen LogP) is 3.06. The molecule has 0 bridgehead atoms. The van der Waals surface area contributed by atoms with Crippen LogP contribution in [0.5, 0.6) is 5.75 Å². The molecule has 0 unspecified atom stereocenters. The summed E-state index contributed by atoms with van der Waals surface area (Å²) in [6, 6.07) is 6.30. The number of benzene rings is 1. The second-order valence-corrected chi connectivity index (χ2v) is 6.60. The predicted molar refractivity (Wildman–Crippen MR) is 81.1 cm³/mol. The highest BCUT2D eigenvalue weighted by molar-refractivity contribution is 5.80. The molecular formula is C17H25NO2. The van der Waals surface area contributed by atoms with Gasteiger partial charge in [0.05, 0.1) is 7.11 Å². The lowest BCUT2D eigenvalue weighted by atomic mass is 9.85. The zero-order valence-corrected chi connectivity index (χ0v) is 13.0. The van der Waals surface area contributed by atoms with Gasteiger partial charge in [-0.2, -0.15) is 0 Å². The summed E-state index contributed by atoms with van der Waals surface area (Å²) in [5.41, 5.74) is 2.51. The maximum absolute atomic E-state index is 11.6. The van der Waals surface area contributed by atoms with Crippen LogP contribution in [0.3, 0.4) is 0 Å².